The van der Waals surface area contributed by atoms with Gasteiger partial charge >= 0.3 is 0 Å². The number of methoxy groups -OCH3 is 1. The molecule has 1 N–H and O–H groups in total. The summed E-state index contributed by atoms with van der Waals surface area (Å²) in [6, 6.07) is 14.1. The average molecular weight is 445 g/mol. The molecule has 0 amide bonds. The van der Waals surface area contributed by atoms with E-state index in [1.54, 1.807) is 18.0 Å². The molecule has 3 rings (SSSR count). The highest BCUT2D eigenvalue weighted by atomic mass is 79.9. The lowest BCUT2D eigenvalue weighted by atomic mass is 9.87. The van der Waals surface area contributed by atoms with Crippen LogP contribution in [-0.4, -0.2) is 28.2 Å². The van der Waals surface area contributed by atoms with Crippen LogP contribution in [0.4, 0.5) is 0 Å². The highest BCUT2D eigenvalue weighted by molar-refractivity contribution is 9.10. The monoisotopic (exact) mass is 444 g/mol. The lowest BCUT2D eigenvalue weighted by molar-refractivity contribution is 0.412. The molecule has 0 aliphatic rings. The third kappa shape index (κ3) is 4.36. The lowest BCUT2D eigenvalue weighted by Crippen LogP contribution is -2.10. The fraction of sp³-hybridized carbons (Fsp3) is 0.250. The Bertz CT molecular complexity index is 1030. The van der Waals surface area contributed by atoms with Gasteiger partial charge in [-0.2, -0.15) is 14.9 Å². The molecule has 0 aliphatic carbocycles. The zero-order chi connectivity index (χ0) is 19.6. The summed E-state index contributed by atoms with van der Waals surface area (Å²) in [6.07, 6.45) is 1.74. The Morgan fingerprint density at radius 1 is 1.19 bits per heavy atom. The number of H-pyrrole nitrogens is 1. The van der Waals surface area contributed by atoms with Crippen molar-refractivity contribution in [1.29, 1.82) is 0 Å². The number of aromatic amines is 1. The molecule has 2 aromatic carbocycles. The molecule has 0 saturated carbocycles. The molecule has 0 radical (unpaired) electrons. The van der Waals surface area contributed by atoms with Gasteiger partial charge in [-0.25, -0.2) is 5.10 Å². The molecule has 7 heteroatoms. The van der Waals surface area contributed by atoms with E-state index in [0.717, 1.165) is 21.3 Å². The first-order valence-electron chi connectivity index (χ1n) is 8.46. The second-order valence-corrected chi connectivity index (χ2v) is 8.37. The zero-order valence-electron chi connectivity index (χ0n) is 15.7. The molecule has 3 aromatic rings. The summed E-state index contributed by atoms with van der Waals surface area (Å²) in [5.41, 5.74) is 3.23. The third-order valence-electron chi connectivity index (χ3n) is 4.16. The van der Waals surface area contributed by atoms with E-state index in [9.17, 15) is 0 Å². The van der Waals surface area contributed by atoms with Crippen LogP contribution in [0.25, 0.3) is 11.4 Å². The van der Waals surface area contributed by atoms with E-state index in [1.807, 2.05) is 30.3 Å². The SMILES string of the molecule is COc1ccc(/C=N/n2c(-c3ccc(C(C)(C)C)cc3)n[nH]c2=S)cc1Br. The van der Waals surface area contributed by atoms with E-state index < -0.39 is 0 Å². The van der Waals surface area contributed by atoms with E-state index in [-0.39, 0.29) is 5.41 Å². The number of hydrogen-bond acceptors (Lipinski definition) is 4. The molecule has 140 valence electrons. The average Bonchev–Trinajstić information content (AvgIpc) is 3.00. The van der Waals surface area contributed by atoms with Crippen molar-refractivity contribution < 1.29 is 4.74 Å². The number of hydrogen-bond donors (Lipinski definition) is 1. The highest BCUT2D eigenvalue weighted by Gasteiger charge is 2.14. The maximum Gasteiger partial charge on any atom is 0.216 e. The van der Waals surface area contributed by atoms with Gasteiger partial charge in [-0.15, -0.1) is 0 Å². The van der Waals surface area contributed by atoms with E-state index >= 15 is 0 Å². The van der Waals surface area contributed by atoms with Gasteiger partial charge in [0.1, 0.15) is 5.75 Å². The van der Waals surface area contributed by atoms with Crippen molar-refractivity contribution in [2.45, 2.75) is 26.2 Å². The Labute approximate surface area is 172 Å². The summed E-state index contributed by atoms with van der Waals surface area (Å²) in [6.45, 7) is 6.57. The van der Waals surface area contributed by atoms with E-state index in [2.05, 4.69) is 64.1 Å². The number of ether oxygens (including phenoxy) is 1. The smallest absolute Gasteiger partial charge is 0.216 e. The van der Waals surface area contributed by atoms with Crippen LogP contribution < -0.4 is 4.74 Å². The first kappa shape index (κ1) is 19.5. The molecule has 0 fully saturated rings. The second kappa shape index (κ2) is 7.78. The van der Waals surface area contributed by atoms with Crippen LogP contribution in [0.15, 0.2) is 52.0 Å². The van der Waals surface area contributed by atoms with Crippen molar-refractivity contribution in [3.63, 3.8) is 0 Å². The second-order valence-electron chi connectivity index (χ2n) is 7.13. The zero-order valence-corrected chi connectivity index (χ0v) is 18.1. The van der Waals surface area contributed by atoms with Gasteiger partial charge < -0.3 is 4.74 Å². The molecule has 0 bridgehead atoms. The quantitative estimate of drug-likeness (QED) is 0.423. The van der Waals surface area contributed by atoms with Gasteiger partial charge in [-0.3, -0.25) is 0 Å². The first-order valence-corrected chi connectivity index (χ1v) is 9.66. The minimum atomic E-state index is 0.100. The molecule has 1 heterocycles. The van der Waals surface area contributed by atoms with Gasteiger partial charge in [0.05, 0.1) is 17.8 Å². The molecule has 0 spiro atoms. The largest absolute Gasteiger partial charge is 0.496 e. The van der Waals surface area contributed by atoms with Crippen LogP contribution in [0.2, 0.25) is 0 Å². The van der Waals surface area contributed by atoms with Gasteiger partial charge in [-0.05, 0) is 62.9 Å². The van der Waals surface area contributed by atoms with Crippen LogP contribution in [-0.2, 0) is 5.41 Å². The van der Waals surface area contributed by atoms with Crippen LogP contribution >= 0.6 is 28.1 Å². The van der Waals surface area contributed by atoms with Gasteiger partial charge in [0.2, 0.25) is 4.77 Å². The Morgan fingerprint density at radius 3 is 2.48 bits per heavy atom. The van der Waals surface area contributed by atoms with E-state index in [4.69, 9.17) is 17.0 Å². The van der Waals surface area contributed by atoms with Crippen LogP contribution in [0, 0.1) is 4.77 Å². The first-order chi connectivity index (χ1) is 12.8. The minimum Gasteiger partial charge on any atom is -0.496 e. The number of nitrogens with one attached hydrogen (secondary N) is 1. The Kier molecular flexibility index (Phi) is 5.62. The maximum atomic E-state index is 5.34. The third-order valence-corrected chi connectivity index (χ3v) is 5.04. The van der Waals surface area contributed by atoms with Crippen molar-refractivity contribution in [3.05, 3.63) is 62.8 Å². The summed E-state index contributed by atoms with van der Waals surface area (Å²) in [4.78, 5) is 0. The summed E-state index contributed by atoms with van der Waals surface area (Å²) in [5.74, 6) is 1.44. The van der Waals surface area contributed by atoms with Gasteiger partial charge in [0.25, 0.3) is 0 Å². The number of benzene rings is 2. The standard InChI is InChI=1S/C20H21BrN4OS/c1-20(2,3)15-8-6-14(7-9-15)18-23-24-19(27)25(18)22-12-13-5-10-17(26-4)16(21)11-13/h5-12H,1-4H3,(H,24,27)/b22-12+. The maximum absolute atomic E-state index is 5.34. The summed E-state index contributed by atoms with van der Waals surface area (Å²) in [5, 5.41) is 11.7. The Hall–Kier alpha value is -2.25. The number of halogens is 1. The van der Waals surface area contributed by atoms with E-state index in [1.165, 1.54) is 5.56 Å². The fourth-order valence-electron chi connectivity index (χ4n) is 2.59. The van der Waals surface area contributed by atoms with Crippen molar-refractivity contribution in [2.75, 3.05) is 7.11 Å². The van der Waals surface area contributed by atoms with Crippen LogP contribution in [0.1, 0.15) is 31.9 Å². The summed E-state index contributed by atoms with van der Waals surface area (Å²) >= 11 is 8.82. The molecule has 27 heavy (non-hydrogen) atoms. The molecular formula is C20H21BrN4OS. The minimum absolute atomic E-state index is 0.100. The van der Waals surface area contributed by atoms with Crippen LogP contribution in [0.3, 0.4) is 0 Å². The highest BCUT2D eigenvalue weighted by Crippen LogP contribution is 2.26. The molecule has 0 aliphatic heterocycles. The van der Waals surface area contributed by atoms with Crippen molar-refractivity contribution >= 4 is 34.4 Å². The van der Waals surface area contributed by atoms with Crippen molar-refractivity contribution in [1.82, 2.24) is 14.9 Å². The predicted molar refractivity (Wildman–Crippen MR) is 115 cm³/mol. The Morgan fingerprint density at radius 2 is 1.89 bits per heavy atom. The van der Waals surface area contributed by atoms with Crippen molar-refractivity contribution in [3.8, 4) is 17.1 Å². The molecule has 1 aromatic heterocycles. The molecule has 0 saturated heterocycles. The van der Waals surface area contributed by atoms with Crippen LogP contribution in [0.5, 0.6) is 5.75 Å². The Balaban J connectivity index is 1.93. The predicted octanol–water partition coefficient (Wildman–Crippen LogP) is 5.56. The normalized spacial score (nSPS) is 11.9. The summed E-state index contributed by atoms with van der Waals surface area (Å²) in [7, 11) is 1.63. The van der Waals surface area contributed by atoms with Crippen molar-refractivity contribution in [2.24, 2.45) is 5.10 Å². The molecular weight excluding hydrogens is 424 g/mol. The fourth-order valence-corrected chi connectivity index (χ4v) is 3.33. The van der Waals surface area contributed by atoms with E-state index in [0.29, 0.717) is 10.6 Å². The van der Waals surface area contributed by atoms with Gasteiger partial charge in [0, 0.05) is 5.56 Å². The molecule has 0 atom stereocenters. The number of rotatable bonds is 4. The molecule has 0 unspecified atom stereocenters. The summed E-state index contributed by atoms with van der Waals surface area (Å²) < 4.78 is 8.18. The molecule has 5 nitrogen and oxygen atoms in total. The topological polar surface area (TPSA) is 55.2 Å². The lowest BCUT2D eigenvalue weighted by Gasteiger charge is -2.18. The van der Waals surface area contributed by atoms with Gasteiger partial charge in [-0.1, -0.05) is 45.0 Å². The number of aromatic nitrogens is 3. The van der Waals surface area contributed by atoms with Gasteiger partial charge in [0.15, 0.2) is 5.82 Å². The number of nitrogens with zero attached hydrogens (tertiary/aromatic N) is 3.